The van der Waals surface area contributed by atoms with E-state index < -0.39 is 0 Å². The molecule has 0 saturated heterocycles. The number of benzene rings is 1. The summed E-state index contributed by atoms with van der Waals surface area (Å²) in [6.45, 7) is 8.13. The first-order valence-electron chi connectivity index (χ1n) is 6.56. The Morgan fingerprint density at radius 2 is 2.06 bits per heavy atom. The molecule has 0 aliphatic rings. The van der Waals surface area contributed by atoms with Crippen molar-refractivity contribution in [2.75, 3.05) is 26.2 Å². The predicted octanol–water partition coefficient (Wildman–Crippen LogP) is 2.70. The third kappa shape index (κ3) is 6.84. The van der Waals surface area contributed by atoms with Gasteiger partial charge in [-0.2, -0.15) is 0 Å². The van der Waals surface area contributed by atoms with Gasteiger partial charge in [0.15, 0.2) is 0 Å². The molecule has 0 heterocycles. The van der Waals surface area contributed by atoms with Crippen LogP contribution in [0.15, 0.2) is 24.3 Å². The molecular weight excluding hydrogens is 248 g/mol. The van der Waals surface area contributed by atoms with Gasteiger partial charge in [0.05, 0.1) is 0 Å². The molecule has 102 valence electrons. The molecule has 2 N–H and O–H groups in total. The molecule has 0 aliphatic heterocycles. The van der Waals surface area contributed by atoms with Crippen molar-refractivity contribution in [3.8, 4) is 5.75 Å². The van der Waals surface area contributed by atoms with E-state index in [0.29, 0.717) is 5.02 Å². The smallest absolute Gasteiger partial charge is 0.121 e. The van der Waals surface area contributed by atoms with Crippen LogP contribution in [0.25, 0.3) is 0 Å². The molecule has 0 aliphatic carbocycles. The van der Waals surface area contributed by atoms with Crippen LogP contribution in [0.2, 0.25) is 5.02 Å². The average molecular weight is 271 g/mol. The summed E-state index contributed by atoms with van der Waals surface area (Å²) in [7, 11) is 0. The number of hydrogen-bond donors (Lipinski definition) is 2. The third-order valence-electron chi connectivity index (χ3n) is 2.52. The molecule has 1 atom stereocenters. The zero-order chi connectivity index (χ0) is 13.2. The maximum absolute atomic E-state index is 5.90. The van der Waals surface area contributed by atoms with E-state index in [2.05, 4.69) is 24.5 Å². The van der Waals surface area contributed by atoms with E-state index in [1.165, 1.54) is 0 Å². The topological polar surface area (TPSA) is 33.3 Å². The highest BCUT2D eigenvalue weighted by Gasteiger charge is 2.03. The molecule has 0 bridgehead atoms. The minimum Gasteiger partial charge on any atom is -0.489 e. The number of nitrogens with one attached hydrogen (secondary N) is 2. The normalized spacial score (nSPS) is 12.4. The van der Waals surface area contributed by atoms with Crippen LogP contribution in [0.4, 0.5) is 0 Å². The zero-order valence-electron chi connectivity index (χ0n) is 11.2. The Labute approximate surface area is 115 Å². The third-order valence-corrected chi connectivity index (χ3v) is 2.76. The molecule has 1 aromatic rings. The Kier molecular flexibility index (Phi) is 7.81. The molecule has 4 heteroatoms. The Balaban J connectivity index is 2.12. The van der Waals surface area contributed by atoms with Crippen LogP contribution >= 0.6 is 11.6 Å². The van der Waals surface area contributed by atoms with Gasteiger partial charge in [-0.05, 0) is 51.2 Å². The van der Waals surface area contributed by atoms with Crippen LogP contribution in [0.1, 0.15) is 20.3 Å². The van der Waals surface area contributed by atoms with E-state index in [-0.39, 0.29) is 6.10 Å². The van der Waals surface area contributed by atoms with Crippen molar-refractivity contribution in [2.24, 2.45) is 0 Å². The largest absolute Gasteiger partial charge is 0.489 e. The van der Waals surface area contributed by atoms with Gasteiger partial charge >= 0.3 is 0 Å². The van der Waals surface area contributed by atoms with Crippen LogP contribution in [0.3, 0.4) is 0 Å². The second-order valence-electron chi connectivity index (χ2n) is 4.30. The first-order valence-corrected chi connectivity index (χ1v) is 6.94. The van der Waals surface area contributed by atoms with Crippen molar-refractivity contribution in [3.05, 3.63) is 29.3 Å². The number of rotatable bonds is 9. The van der Waals surface area contributed by atoms with Crippen LogP contribution in [-0.4, -0.2) is 32.3 Å². The van der Waals surface area contributed by atoms with Gasteiger partial charge in [-0.15, -0.1) is 0 Å². The van der Waals surface area contributed by atoms with Crippen molar-refractivity contribution >= 4 is 11.6 Å². The van der Waals surface area contributed by atoms with E-state index in [0.717, 1.165) is 38.3 Å². The lowest BCUT2D eigenvalue weighted by Gasteiger charge is -2.15. The van der Waals surface area contributed by atoms with E-state index in [4.69, 9.17) is 16.3 Å². The fourth-order valence-electron chi connectivity index (χ4n) is 1.63. The fraction of sp³-hybridized carbons (Fsp3) is 0.571. The van der Waals surface area contributed by atoms with Crippen LogP contribution in [0, 0.1) is 0 Å². The van der Waals surface area contributed by atoms with E-state index in [1.807, 2.05) is 24.3 Å². The molecule has 1 rings (SSSR count). The molecule has 1 unspecified atom stereocenters. The minimum atomic E-state index is 0.141. The summed E-state index contributed by atoms with van der Waals surface area (Å²) in [4.78, 5) is 0. The first kappa shape index (κ1) is 15.3. The van der Waals surface area contributed by atoms with Gasteiger partial charge in [-0.1, -0.05) is 24.6 Å². The second-order valence-corrected chi connectivity index (χ2v) is 4.73. The molecular formula is C14H23ClN2O. The van der Waals surface area contributed by atoms with Gasteiger partial charge in [0.2, 0.25) is 0 Å². The molecule has 0 amide bonds. The molecule has 3 nitrogen and oxygen atoms in total. The van der Waals surface area contributed by atoms with Crippen LogP contribution in [-0.2, 0) is 0 Å². The maximum Gasteiger partial charge on any atom is 0.121 e. The van der Waals surface area contributed by atoms with Crippen molar-refractivity contribution in [1.29, 1.82) is 0 Å². The summed E-state index contributed by atoms with van der Waals surface area (Å²) in [6, 6.07) is 7.50. The molecule has 0 radical (unpaired) electrons. The molecule has 0 saturated carbocycles. The van der Waals surface area contributed by atoms with E-state index in [1.54, 1.807) is 0 Å². The van der Waals surface area contributed by atoms with Gasteiger partial charge in [-0.3, -0.25) is 0 Å². The van der Waals surface area contributed by atoms with Crippen molar-refractivity contribution < 1.29 is 4.74 Å². The van der Waals surface area contributed by atoms with Gasteiger partial charge in [0, 0.05) is 11.6 Å². The molecule has 18 heavy (non-hydrogen) atoms. The van der Waals surface area contributed by atoms with Crippen LogP contribution < -0.4 is 15.4 Å². The lowest BCUT2D eigenvalue weighted by atomic mass is 10.3. The lowest BCUT2D eigenvalue weighted by molar-refractivity contribution is 0.217. The Hall–Kier alpha value is -0.770. The second kappa shape index (κ2) is 9.20. The van der Waals surface area contributed by atoms with Crippen molar-refractivity contribution in [1.82, 2.24) is 10.6 Å². The van der Waals surface area contributed by atoms with Gasteiger partial charge < -0.3 is 15.4 Å². The summed E-state index contributed by atoms with van der Waals surface area (Å²) >= 11 is 5.90. The Morgan fingerprint density at radius 3 is 2.78 bits per heavy atom. The molecule has 0 aromatic heterocycles. The summed E-state index contributed by atoms with van der Waals surface area (Å²) < 4.78 is 5.76. The zero-order valence-corrected chi connectivity index (χ0v) is 12.0. The highest BCUT2D eigenvalue weighted by Crippen LogP contribution is 2.18. The Bertz CT molecular complexity index is 333. The SMILES string of the molecule is CCNCCCNCC(C)Oc1cccc(Cl)c1. The standard InChI is InChI=1S/C14H23ClN2O/c1-3-16-8-5-9-17-11-12(2)18-14-7-4-6-13(15)10-14/h4,6-7,10,12,16-17H,3,5,8-9,11H2,1-2H3. The summed E-state index contributed by atoms with van der Waals surface area (Å²) in [5, 5.41) is 7.38. The lowest BCUT2D eigenvalue weighted by Crippen LogP contribution is -2.31. The number of halogens is 1. The summed E-state index contributed by atoms with van der Waals surface area (Å²) in [6.07, 6.45) is 1.28. The number of hydrogen-bond acceptors (Lipinski definition) is 3. The highest BCUT2D eigenvalue weighted by molar-refractivity contribution is 6.30. The first-order chi connectivity index (χ1) is 8.72. The quantitative estimate of drug-likeness (QED) is 0.677. The molecule has 1 aromatic carbocycles. The van der Waals surface area contributed by atoms with E-state index >= 15 is 0 Å². The monoisotopic (exact) mass is 270 g/mol. The average Bonchev–Trinajstić information content (AvgIpc) is 2.33. The van der Waals surface area contributed by atoms with Gasteiger partial charge in [0.25, 0.3) is 0 Å². The van der Waals surface area contributed by atoms with Crippen LogP contribution in [0.5, 0.6) is 5.75 Å². The minimum absolute atomic E-state index is 0.141. The molecule has 0 fully saturated rings. The Morgan fingerprint density at radius 1 is 1.28 bits per heavy atom. The van der Waals surface area contributed by atoms with Crippen molar-refractivity contribution in [3.63, 3.8) is 0 Å². The summed E-state index contributed by atoms with van der Waals surface area (Å²) in [5.41, 5.74) is 0. The predicted molar refractivity (Wildman–Crippen MR) is 77.6 cm³/mol. The maximum atomic E-state index is 5.90. The summed E-state index contributed by atoms with van der Waals surface area (Å²) in [5.74, 6) is 0.824. The van der Waals surface area contributed by atoms with Gasteiger partial charge in [0.1, 0.15) is 11.9 Å². The highest BCUT2D eigenvalue weighted by atomic mass is 35.5. The fourth-order valence-corrected chi connectivity index (χ4v) is 1.82. The number of ether oxygens (including phenoxy) is 1. The van der Waals surface area contributed by atoms with Crippen molar-refractivity contribution in [2.45, 2.75) is 26.4 Å². The molecule has 0 spiro atoms. The van der Waals surface area contributed by atoms with E-state index in [9.17, 15) is 0 Å². The van der Waals surface area contributed by atoms with Gasteiger partial charge in [-0.25, -0.2) is 0 Å².